The number of pyridine rings is 2. The van der Waals surface area contributed by atoms with Gasteiger partial charge in [0.2, 0.25) is 0 Å². The molecule has 0 amide bonds. The third-order valence-corrected chi connectivity index (χ3v) is 6.27. The molecule has 1 unspecified atom stereocenters. The monoisotopic (exact) mass is 479 g/mol. The summed E-state index contributed by atoms with van der Waals surface area (Å²) in [6.07, 6.45) is -1.50. The minimum atomic E-state index is -4.72. The molecular weight excluding hydrogens is 470 g/mol. The Balaban J connectivity index is 2.05. The Morgan fingerprint density at radius 2 is 1.89 bits per heavy atom. The van der Waals surface area contributed by atoms with Gasteiger partial charge in [0.05, 0.1) is 17.9 Å². The standard InChI is InChI=1S/C16H10BrF4N3O3S/c17-12-5-9(18)7-23-15(12)13-6-10(25)3-4-24(13)28(26,27)11-1-2-14(22-8-11)16(19,20)21/h1-5,7-8,13H,6H2. The average molecular weight is 480 g/mol. The molecule has 0 saturated carbocycles. The van der Waals surface area contributed by atoms with Crippen molar-refractivity contribution in [2.75, 3.05) is 0 Å². The number of halogens is 5. The van der Waals surface area contributed by atoms with Crippen molar-refractivity contribution in [3.63, 3.8) is 0 Å². The maximum absolute atomic E-state index is 13.3. The Labute approximate surface area is 165 Å². The van der Waals surface area contributed by atoms with Crippen LogP contribution in [-0.2, 0) is 21.0 Å². The third kappa shape index (κ3) is 3.92. The van der Waals surface area contributed by atoms with E-state index >= 15 is 0 Å². The number of ketones is 1. The molecule has 28 heavy (non-hydrogen) atoms. The first-order valence-electron chi connectivity index (χ1n) is 7.59. The maximum Gasteiger partial charge on any atom is 0.433 e. The fraction of sp³-hybridized carbons (Fsp3) is 0.188. The topological polar surface area (TPSA) is 80.2 Å². The van der Waals surface area contributed by atoms with Gasteiger partial charge in [0.1, 0.15) is 16.4 Å². The molecule has 2 aromatic heterocycles. The van der Waals surface area contributed by atoms with E-state index in [4.69, 9.17) is 0 Å². The van der Waals surface area contributed by atoms with Crippen LogP contribution in [-0.4, -0.2) is 28.5 Å². The number of carbonyl (C=O) groups excluding carboxylic acids is 1. The maximum atomic E-state index is 13.3. The highest BCUT2D eigenvalue weighted by atomic mass is 79.9. The first-order chi connectivity index (χ1) is 13.0. The highest BCUT2D eigenvalue weighted by molar-refractivity contribution is 9.10. The van der Waals surface area contributed by atoms with Crippen molar-refractivity contribution in [1.29, 1.82) is 0 Å². The van der Waals surface area contributed by atoms with E-state index < -0.39 is 38.6 Å². The number of nitrogens with zero attached hydrogens (tertiary/aromatic N) is 3. The SMILES string of the molecule is O=C1C=CN(S(=O)(=O)c2ccc(C(F)(F)F)nc2)C(c2ncc(F)cc2Br)C1. The molecule has 0 radical (unpaired) electrons. The third-order valence-electron chi connectivity index (χ3n) is 3.86. The summed E-state index contributed by atoms with van der Waals surface area (Å²) in [6.45, 7) is 0. The van der Waals surface area contributed by atoms with E-state index in [9.17, 15) is 30.8 Å². The quantitative estimate of drug-likeness (QED) is 0.628. The lowest BCUT2D eigenvalue weighted by Crippen LogP contribution is -2.35. The van der Waals surface area contributed by atoms with Crippen molar-refractivity contribution in [2.24, 2.45) is 0 Å². The van der Waals surface area contributed by atoms with Gasteiger partial charge in [-0.3, -0.25) is 19.1 Å². The van der Waals surface area contributed by atoms with Crippen molar-refractivity contribution in [1.82, 2.24) is 14.3 Å². The molecule has 0 saturated heterocycles. The molecule has 0 aliphatic carbocycles. The average Bonchev–Trinajstić information content (AvgIpc) is 2.61. The summed E-state index contributed by atoms with van der Waals surface area (Å²) in [6, 6.07) is 1.28. The second-order valence-electron chi connectivity index (χ2n) is 5.73. The summed E-state index contributed by atoms with van der Waals surface area (Å²) in [7, 11) is -4.36. The van der Waals surface area contributed by atoms with Crippen molar-refractivity contribution >= 4 is 31.7 Å². The number of aromatic nitrogens is 2. The molecule has 3 rings (SSSR count). The number of allylic oxidation sites excluding steroid dienone is 1. The zero-order valence-electron chi connectivity index (χ0n) is 13.7. The molecular formula is C16H10BrF4N3O3S. The molecule has 1 aliphatic rings. The summed E-state index contributed by atoms with van der Waals surface area (Å²) in [5.74, 6) is -1.06. The lowest BCUT2D eigenvalue weighted by Gasteiger charge is -2.31. The van der Waals surface area contributed by atoms with E-state index in [2.05, 4.69) is 25.9 Å². The minimum absolute atomic E-state index is 0.0857. The van der Waals surface area contributed by atoms with Crippen molar-refractivity contribution < 1.29 is 30.8 Å². The molecule has 0 aromatic carbocycles. The minimum Gasteiger partial charge on any atom is -0.295 e. The van der Waals surface area contributed by atoms with E-state index in [0.717, 1.165) is 34.9 Å². The molecule has 0 N–H and O–H groups in total. The van der Waals surface area contributed by atoms with E-state index in [1.165, 1.54) is 0 Å². The Kier molecular flexibility index (Phi) is 5.28. The van der Waals surface area contributed by atoms with Gasteiger partial charge in [-0.05, 0) is 40.2 Å². The highest BCUT2D eigenvalue weighted by Gasteiger charge is 2.37. The second kappa shape index (κ2) is 7.24. The number of alkyl halides is 3. The first-order valence-corrected chi connectivity index (χ1v) is 9.82. The number of sulfonamides is 1. The van der Waals surface area contributed by atoms with Gasteiger partial charge in [0, 0.05) is 23.3 Å². The van der Waals surface area contributed by atoms with Crippen molar-refractivity contribution in [2.45, 2.75) is 23.5 Å². The summed E-state index contributed by atoms with van der Waals surface area (Å²) < 4.78 is 78.1. The van der Waals surface area contributed by atoms with Gasteiger partial charge in [-0.15, -0.1) is 0 Å². The molecule has 0 spiro atoms. The van der Waals surface area contributed by atoms with Crippen LogP contribution in [0.1, 0.15) is 23.9 Å². The van der Waals surface area contributed by atoms with Gasteiger partial charge in [-0.1, -0.05) is 0 Å². The number of rotatable bonds is 3. The van der Waals surface area contributed by atoms with Crippen LogP contribution in [0.4, 0.5) is 17.6 Å². The van der Waals surface area contributed by atoms with Gasteiger partial charge in [0.15, 0.2) is 5.78 Å². The van der Waals surface area contributed by atoms with E-state index in [1.54, 1.807) is 0 Å². The zero-order chi connectivity index (χ0) is 20.7. The molecule has 1 aliphatic heterocycles. The number of hydrogen-bond acceptors (Lipinski definition) is 5. The predicted molar refractivity (Wildman–Crippen MR) is 91.7 cm³/mol. The normalized spacial score (nSPS) is 17.8. The van der Waals surface area contributed by atoms with Gasteiger partial charge >= 0.3 is 6.18 Å². The summed E-state index contributed by atoms with van der Waals surface area (Å²) in [5, 5.41) is 0. The zero-order valence-corrected chi connectivity index (χ0v) is 16.1. The molecule has 2 aromatic rings. The van der Waals surface area contributed by atoms with Gasteiger partial charge in [-0.25, -0.2) is 12.8 Å². The molecule has 1 atom stereocenters. The van der Waals surface area contributed by atoms with E-state index in [0.29, 0.717) is 12.3 Å². The van der Waals surface area contributed by atoms with Crippen LogP contribution in [0.5, 0.6) is 0 Å². The number of hydrogen-bond donors (Lipinski definition) is 0. The molecule has 3 heterocycles. The van der Waals surface area contributed by atoms with E-state index in [-0.39, 0.29) is 22.4 Å². The van der Waals surface area contributed by atoms with Crippen LogP contribution in [0.2, 0.25) is 0 Å². The largest absolute Gasteiger partial charge is 0.433 e. The van der Waals surface area contributed by atoms with Crippen LogP contribution in [0.25, 0.3) is 0 Å². The smallest absolute Gasteiger partial charge is 0.295 e. The van der Waals surface area contributed by atoms with Gasteiger partial charge in [-0.2, -0.15) is 13.2 Å². The van der Waals surface area contributed by atoms with Crippen molar-refractivity contribution in [3.8, 4) is 0 Å². The second-order valence-corrected chi connectivity index (χ2v) is 8.43. The van der Waals surface area contributed by atoms with Crippen LogP contribution in [0, 0.1) is 5.82 Å². The van der Waals surface area contributed by atoms with Gasteiger partial charge < -0.3 is 0 Å². The first kappa shape index (κ1) is 20.4. The van der Waals surface area contributed by atoms with E-state index in [1.807, 2.05) is 0 Å². The summed E-state index contributed by atoms with van der Waals surface area (Å²) >= 11 is 3.09. The summed E-state index contributed by atoms with van der Waals surface area (Å²) in [4.78, 5) is 18.3. The van der Waals surface area contributed by atoms with Crippen LogP contribution in [0.3, 0.4) is 0 Å². The molecule has 6 nitrogen and oxygen atoms in total. The molecule has 148 valence electrons. The summed E-state index contributed by atoms with van der Waals surface area (Å²) in [5.41, 5.74) is -1.15. The van der Waals surface area contributed by atoms with Gasteiger partial charge in [0.25, 0.3) is 10.0 Å². The lowest BCUT2D eigenvalue weighted by molar-refractivity contribution is -0.141. The Bertz CT molecular complexity index is 1060. The fourth-order valence-electron chi connectivity index (χ4n) is 2.57. The molecule has 0 bridgehead atoms. The Morgan fingerprint density at radius 1 is 1.18 bits per heavy atom. The van der Waals surface area contributed by atoms with Crippen molar-refractivity contribution in [3.05, 3.63) is 64.5 Å². The predicted octanol–water partition coefficient (Wildman–Crippen LogP) is 3.62. The van der Waals surface area contributed by atoms with Crippen LogP contribution in [0.15, 0.2) is 52.2 Å². The van der Waals surface area contributed by atoms with Crippen LogP contribution < -0.4 is 0 Å². The fourth-order valence-corrected chi connectivity index (χ4v) is 4.55. The lowest BCUT2D eigenvalue weighted by atomic mass is 10.0. The Morgan fingerprint density at radius 3 is 2.46 bits per heavy atom. The molecule has 12 heteroatoms. The number of carbonyl (C=O) groups is 1. The highest BCUT2D eigenvalue weighted by Crippen LogP contribution is 2.36. The van der Waals surface area contributed by atoms with Crippen LogP contribution >= 0.6 is 15.9 Å². The molecule has 0 fully saturated rings. The Hall–Kier alpha value is -2.34.